The number of carbonyl (C=O) groups is 2. The van der Waals surface area contributed by atoms with Crippen molar-refractivity contribution in [1.29, 1.82) is 0 Å². The van der Waals surface area contributed by atoms with Crippen LogP contribution < -0.4 is 0 Å². The first-order chi connectivity index (χ1) is 6.02. The molecule has 76 valence electrons. The number of carboxylic acid groups (broad SMARTS) is 1. The number of carboxylic acids is 1. The Labute approximate surface area is 79.1 Å². The van der Waals surface area contributed by atoms with Gasteiger partial charge in [0, 0.05) is 6.42 Å². The zero-order valence-electron chi connectivity index (χ0n) is 8.38. The Kier molecular flexibility index (Phi) is 6.20. The fraction of sp³-hybridized carbons (Fsp3) is 0.800. The molecule has 0 aliphatic carbocycles. The van der Waals surface area contributed by atoms with Crippen molar-refractivity contribution in [1.82, 2.24) is 0 Å². The minimum absolute atomic E-state index is 0.156. The van der Waals surface area contributed by atoms with Crippen molar-refractivity contribution in [2.24, 2.45) is 5.92 Å². The SMILES string of the molecule is CC(C)CCCCC(=O)CC(=O)O. The molecule has 0 rings (SSSR count). The Bertz CT molecular complexity index is 173. The van der Waals surface area contributed by atoms with Crippen molar-refractivity contribution in [3.63, 3.8) is 0 Å². The maximum absolute atomic E-state index is 10.9. The molecule has 3 heteroatoms. The van der Waals surface area contributed by atoms with Gasteiger partial charge in [0.2, 0.25) is 0 Å². The van der Waals surface area contributed by atoms with Gasteiger partial charge in [-0.15, -0.1) is 0 Å². The van der Waals surface area contributed by atoms with E-state index < -0.39 is 5.97 Å². The Morgan fingerprint density at radius 3 is 2.31 bits per heavy atom. The van der Waals surface area contributed by atoms with Crippen LogP contribution in [0.5, 0.6) is 0 Å². The van der Waals surface area contributed by atoms with Gasteiger partial charge in [-0.1, -0.05) is 26.7 Å². The van der Waals surface area contributed by atoms with E-state index >= 15 is 0 Å². The molecule has 0 aliphatic rings. The van der Waals surface area contributed by atoms with Crippen molar-refractivity contribution in [2.75, 3.05) is 0 Å². The summed E-state index contributed by atoms with van der Waals surface area (Å²) in [5.74, 6) is -0.514. The molecule has 0 aromatic carbocycles. The molecule has 3 nitrogen and oxygen atoms in total. The molecule has 1 N–H and O–H groups in total. The average Bonchev–Trinajstić information content (AvgIpc) is 1.96. The van der Waals surface area contributed by atoms with Crippen molar-refractivity contribution in [3.05, 3.63) is 0 Å². The van der Waals surface area contributed by atoms with Crippen LogP contribution in [0.1, 0.15) is 46.0 Å². The fourth-order valence-electron chi connectivity index (χ4n) is 1.13. The summed E-state index contributed by atoms with van der Waals surface area (Å²) in [6, 6.07) is 0. The quantitative estimate of drug-likeness (QED) is 0.490. The smallest absolute Gasteiger partial charge is 0.310 e. The molecule has 0 saturated heterocycles. The number of aliphatic carboxylic acids is 1. The second-order valence-corrected chi connectivity index (χ2v) is 3.75. The van der Waals surface area contributed by atoms with E-state index in [9.17, 15) is 9.59 Å². The molecule has 0 fully saturated rings. The molecular formula is C10H18O3. The average molecular weight is 186 g/mol. The summed E-state index contributed by atoms with van der Waals surface area (Å²) in [4.78, 5) is 21.0. The lowest BCUT2D eigenvalue weighted by atomic mass is 10.0. The van der Waals surface area contributed by atoms with E-state index in [0.29, 0.717) is 12.3 Å². The summed E-state index contributed by atoms with van der Waals surface area (Å²) < 4.78 is 0. The number of hydrogen-bond acceptors (Lipinski definition) is 2. The second kappa shape index (κ2) is 6.63. The third-order valence-corrected chi connectivity index (χ3v) is 1.84. The van der Waals surface area contributed by atoms with Crippen molar-refractivity contribution in [2.45, 2.75) is 46.0 Å². The third-order valence-electron chi connectivity index (χ3n) is 1.84. The fourth-order valence-corrected chi connectivity index (χ4v) is 1.13. The number of rotatable bonds is 7. The van der Waals surface area contributed by atoms with Crippen LogP contribution in [-0.2, 0) is 9.59 Å². The van der Waals surface area contributed by atoms with Crippen LogP contribution in [0.3, 0.4) is 0 Å². The lowest BCUT2D eigenvalue weighted by Crippen LogP contribution is -2.06. The Hall–Kier alpha value is -0.860. The van der Waals surface area contributed by atoms with Gasteiger partial charge in [0.25, 0.3) is 0 Å². The van der Waals surface area contributed by atoms with E-state index in [-0.39, 0.29) is 12.2 Å². The first-order valence-corrected chi connectivity index (χ1v) is 4.76. The first kappa shape index (κ1) is 12.1. The van der Waals surface area contributed by atoms with Crippen molar-refractivity contribution in [3.8, 4) is 0 Å². The van der Waals surface area contributed by atoms with Crippen LogP contribution in [-0.4, -0.2) is 16.9 Å². The highest BCUT2D eigenvalue weighted by atomic mass is 16.4. The molecule has 0 radical (unpaired) electrons. The van der Waals surface area contributed by atoms with Gasteiger partial charge >= 0.3 is 5.97 Å². The maximum atomic E-state index is 10.9. The molecule has 0 amide bonds. The highest BCUT2D eigenvalue weighted by Gasteiger charge is 2.06. The van der Waals surface area contributed by atoms with Gasteiger partial charge in [0.1, 0.15) is 12.2 Å². The minimum atomic E-state index is -1.02. The predicted molar refractivity (Wildman–Crippen MR) is 50.6 cm³/mol. The standard InChI is InChI=1S/C10H18O3/c1-8(2)5-3-4-6-9(11)7-10(12)13/h8H,3-7H2,1-2H3,(H,12,13). The normalized spacial score (nSPS) is 10.4. The molecule has 0 saturated carbocycles. The Morgan fingerprint density at radius 2 is 1.85 bits per heavy atom. The largest absolute Gasteiger partial charge is 0.481 e. The molecule has 0 spiro atoms. The number of unbranched alkanes of at least 4 members (excludes halogenated alkanes) is 1. The van der Waals surface area contributed by atoms with Crippen LogP contribution in [0.2, 0.25) is 0 Å². The summed E-state index contributed by atoms with van der Waals surface area (Å²) in [6.07, 6.45) is 3.05. The summed E-state index contributed by atoms with van der Waals surface area (Å²) in [5, 5.41) is 8.31. The lowest BCUT2D eigenvalue weighted by molar-refractivity contribution is -0.140. The van der Waals surface area contributed by atoms with Gasteiger partial charge in [0.15, 0.2) is 0 Å². The first-order valence-electron chi connectivity index (χ1n) is 4.76. The highest BCUT2D eigenvalue weighted by molar-refractivity contribution is 5.94. The van der Waals surface area contributed by atoms with Gasteiger partial charge < -0.3 is 5.11 Å². The van der Waals surface area contributed by atoms with Gasteiger partial charge in [-0.05, 0) is 12.3 Å². The van der Waals surface area contributed by atoms with Gasteiger partial charge in [-0.25, -0.2) is 0 Å². The topological polar surface area (TPSA) is 54.4 Å². The molecular weight excluding hydrogens is 168 g/mol. The summed E-state index contributed by atoms with van der Waals surface area (Å²) in [7, 11) is 0. The van der Waals surface area contributed by atoms with Gasteiger partial charge in [0.05, 0.1) is 0 Å². The summed E-state index contributed by atoms with van der Waals surface area (Å²) >= 11 is 0. The number of ketones is 1. The summed E-state index contributed by atoms with van der Waals surface area (Å²) in [6.45, 7) is 4.28. The van der Waals surface area contributed by atoms with Crippen LogP contribution >= 0.6 is 0 Å². The number of Topliss-reactive ketones (excluding diaryl/α,β-unsaturated/α-hetero) is 1. The molecule has 13 heavy (non-hydrogen) atoms. The highest BCUT2D eigenvalue weighted by Crippen LogP contribution is 2.08. The molecule has 0 heterocycles. The van der Waals surface area contributed by atoms with Crippen LogP contribution in [0, 0.1) is 5.92 Å². The van der Waals surface area contributed by atoms with E-state index in [1.807, 2.05) is 0 Å². The maximum Gasteiger partial charge on any atom is 0.310 e. The van der Waals surface area contributed by atoms with Gasteiger partial charge in [-0.2, -0.15) is 0 Å². The second-order valence-electron chi connectivity index (χ2n) is 3.75. The van der Waals surface area contributed by atoms with Crippen LogP contribution in [0.4, 0.5) is 0 Å². The molecule has 0 aliphatic heterocycles. The molecule has 0 unspecified atom stereocenters. The Morgan fingerprint density at radius 1 is 1.23 bits per heavy atom. The zero-order valence-corrected chi connectivity index (χ0v) is 8.38. The van der Waals surface area contributed by atoms with E-state index in [1.54, 1.807) is 0 Å². The molecule has 0 bridgehead atoms. The predicted octanol–water partition coefficient (Wildman–Crippen LogP) is 2.25. The van der Waals surface area contributed by atoms with Crippen LogP contribution in [0.25, 0.3) is 0 Å². The minimum Gasteiger partial charge on any atom is -0.481 e. The Balaban J connectivity index is 3.32. The zero-order chi connectivity index (χ0) is 10.3. The van der Waals surface area contributed by atoms with Gasteiger partial charge in [-0.3, -0.25) is 9.59 Å². The molecule has 0 atom stereocenters. The van der Waals surface area contributed by atoms with E-state index in [1.165, 1.54) is 0 Å². The number of hydrogen-bond donors (Lipinski definition) is 1. The lowest BCUT2D eigenvalue weighted by Gasteiger charge is -2.02. The molecule has 0 aromatic heterocycles. The van der Waals surface area contributed by atoms with E-state index in [0.717, 1.165) is 19.3 Å². The van der Waals surface area contributed by atoms with E-state index in [4.69, 9.17) is 5.11 Å². The van der Waals surface area contributed by atoms with Crippen molar-refractivity contribution < 1.29 is 14.7 Å². The number of carbonyl (C=O) groups excluding carboxylic acids is 1. The molecule has 0 aromatic rings. The van der Waals surface area contributed by atoms with Crippen LogP contribution in [0.15, 0.2) is 0 Å². The third kappa shape index (κ3) is 9.05. The summed E-state index contributed by atoms with van der Waals surface area (Å²) in [5.41, 5.74) is 0. The monoisotopic (exact) mass is 186 g/mol. The van der Waals surface area contributed by atoms with E-state index in [2.05, 4.69) is 13.8 Å². The van der Waals surface area contributed by atoms with Crippen molar-refractivity contribution >= 4 is 11.8 Å².